The van der Waals surface area contributed by atoms with E-state index in [9.17, 15) is 0 Å². The smallest absolute Gasteiger partial charge is 0.153 e. The molecule has 0 spiro atoms. The molecular weight excluding hydrogens is 276 g/mol. The molecule has 0 aliphatic carbocycles. The van der Waals surface area contributed by atoms with Crippen LogP contribution in [0.25, 0.3) is 16.9 Å². The second kappa shape index (κ2) is 5.87. The summed E-state index contributed by atoms with van der Waals surface area (Å²) in [6.07, 6.45) is 1.92. The van der Waals surface area contributed by atoms with Crippen molar-refractivity contribution in [3.8, 4) is 11.3 Å². The van der Waals surface area contributed by atoms with Crippen molar-refractivity contribution in [2.24, 2.45) is 0 Å². The van der Waals surface area contributed by atoms with Gasteiger partial charge in [0.2, 0.25) is 0 Å². The van der Waals surface area contributed by atoms with Gasteiger partial charge in [0.15, 0.2) is 5.65 Å². The third-order valence-electron chi connectivity index (χ3n) is 3.99. The lowest BCUT2D eigenvalue weighted by Crippen LogP contribution is -2.36. The third-order valence-corrected chi connectivity index (χ3v) is 3.99. The van der Waals surface area contributed by atoms with Crippen molar-refractivity contribution in [1.82, 2.24) is 19.5 Å². The molecule has 22 heavy (non-hydrogen) atoms. The van der Waals surface area contributed by atoms with E-state index in [1.165, 1.54) is 0 Å². The molecule has 0 saturated carbocycles. The molecule has 0 bridgehead atoms. The highest BCUT2D eigenvalue weighted by atomic mass is 16.5. The fraction of sp³-hybridized carbons (Fsp3) is 0.294. The number of morpholine rings is 1. The van der Waals surface area contributed by atoms with E-state index < -0.39 is 0 Å². The number of hydrogen-bond donors (Lipinski definition) is 0. The topological polar surface area (TPSA) is 42.7 Å². The van der Waals surface area contributed by atoms with Gasteiger partial charge in [-0.2, -0.15) is 5.10 Å². The van der Waals surface area contributed by atoms with Crippen molar-refractivity contribution < 1.29 is 4.74 Å². The Labute approximate surface area is 129 Å². The van der Waals surface area contributed by atoms with Gasteiger partial charge in [-0.25, -0.2) is 9.50 Å². The molecular formula is C17H18N4O. The van der Waals surface area contributed by atoms with Crippen LogP contribution in [-0.2, 0) is 11.3 Å². The Morgan fingerprint density at radius 3 is 2.64 bits per heavy atom. The van der Waals surface area contributed by atoms with Gasteiger partial charge in [-0.05, 0) is 12.1 Å². The first-order chi connectivity index (χ1) is 10.9. The molecule has 0 atom stereocenters. The van der Waals surface area contributed by atoms with Crippen molar-refractivity contribution in [2.45, 2.75) is 6.54 Å². The highest BCUT2D eigenvalue weighted by Gasteiger charge is 2.14. The van der Waals surface area contributed by atoms with Gasteiger partial charge in [0, 0.05) is 25.2 Å². The normalized spacial score (nSPS) is 16.2. The van der Waals surface area contributed by atoms with Gasteiger partial charge in [0.1, 0.15) is 0 Å². The Morgan fingerprint density at radius 1 is 1.00 bits per heavy atom. The van der Waals surface area contributed by atoms with Crippen molar-refractivity contribution >= 4 is 5.65 Å². The molecule has 1 fully saturated rings. The van der Waals surface area contributed by atoms with Crippen LogP contribution in [0.3, 0.4) is 0 Å². The summed E-state index contributed by atoms with van der Waals surface area (Å²) in [6, 6.07) is 14.3. The van der Waals surface area contributed by atoms with Crippen LogP contribution < -0.4 is 0 Å². The van der Waals surface area contributed by atoms with E-state index in [1.54, 1.807) is 0 Å². The Morgan fingerprint density at radius 2 is 1.82 bits per heavy atom. The number of hydrogen-bond acceptors (Lipinski definition) is 4. The largest absolute Gasteiger partial charge is 0.379 e. The maximum absolute atomic E-state index is 5.40. The summed E-state index contributed by atoms with van der Waals surface area (Å²) in [5.41, 5.74) is 4.10. The first-order valence-electron chi connectivity index (χ1n) is 7.59. The summed E-state index contributed by atoms with van der Waals surface area (Å²) >= 11 is 0. The average molecular weight is 294 g/mol. The number of rotatable bonds is 3. The van der Waals surface area contributed by atoms with Gasteiger partial charge < -0.3 is 4.74 Å². The van der Waals surface area contributed by atoms with Gasteiger partial charge in [0.05, 0.1) is 30.8 Å². The lowest BCUT2D eigenvalue weighted by molar-refractivity contribution is 0.0334. The maximum Gasteiger partial charge on any atom is 0.153 e. The van der Waals surface area contributed by atoms with Crippen LogP contribution >= 0.6 is 0 Å². The molecule has 5 nitrogen and oxygen atoms in total. The van der Waals surface area contributed by atoms with E-state index >= 15 is 0 Å². The highest BCUT2D eigenvalue weighted by Crippen LogP contribution is 2.18. The lowest BCUT2D eigenvalue weighted by Gasteiger charge is -2.25. The molecule has 3 aromatic rings. The lowest BCUT2D eigenvalue weighted by atomic mass is 10.1. The predicted octanol–water partition coefficient (Wildman–Crippen LogP) is 2.23. The Kier molecular flexibility index (Phi) is 3.58. The zero-order valence-corrected chi connectivity index (χ0v) is 12.4. The average Bonchev–Trinajstić information content (AvgIpc) is 2.99. The molecule has 112 valence electrons. The molecule has 0 amide bonds. The molecule has 1 aromatic carbocycles. The van der Waals surface area contributed by atoms with Crippen molar-refractivity contribution in [3.63, 3.8) is 0 Å². The fourth-order valence-corrected chi connectivity index (χ4v) is 2.78. The van der Waals surface area contributed by atoms with Gasteiger partial charge >= 0.3 is 0 Å². The van der Waals surface area contributed by atoms with E-state index in [0.717, 1.165) is 55.4 Å². The summed E-state index contributed by atoms with van der Waals surface area (Å²) in [5, 5.41) is 4.77. The number of nitrogens with zero attached hydrogens (tertiary/aromatic N) is 4. The summed E-state index contributed by atoms with van der Waals surface area (Å²) in [6.45, 7) is 4.39. The van der Waals surface area contributed by atoms with Crippen LogP contribution in [0.4, 0.5) is 0 Å². The molecule has 5 heteroatoms. The minimum absolute atomic E-state index is 0.805. The van der Waals surface area contributed by atoms with Crippen LogP contribution in [0.2, 0.25) is 0 Å². The third kappa shape index (κ3) is 2.61. The monoisotopic (exact) mass is 294 g/mol. The highest BCUT2D eigenvalue weighted by molar-refractivity contribution is 5.60. The van der Waals surface area contributed by atoms with E-state index in [-0.39, 0.29) is 0 Å². The number of fused-ring (bicyclic) bond motifs is 1. The van der Waals surface area contributed by atoms with Crippen molar-refractivity contribution in [1.29, 1.82) is 0 Å². The van der Waals surface area contributed by atoms with Crippen LogP contribution in [0.15, 0.2) is 48.7 Å². The number of imidazole rings is 1. The van der Waals surface area contributed by atoms with E-state index in [2.05, 4.69) is 22.0 Å². The molecule has 1 aliphatic heterocycles. The molecule has 0 unspecified atom stereocenters. The Bertz CT molecular complexity index is 763. The molecule has 1 saturated heterocycles. The molecule has 2 aromatic heterocycles. The molecule has 4 rings (SSSR count). The fourth-order valence-electron chi connectivity index (χ4n) is 2.78. The maximum atomic E-state index is 5.40. The zero-order valence-electron chi connectivity index (χ0n) is 12.4. The molecule has 0 radical (unpaired) electrons. The second-order valence-corrected chi connectivity index (χ2v) is 5.49. The van der Waals surface area contributed by atoms with Gasteiger partial charge in [0.25, 0.3) is 0 Å². The van der Waals surface area contributed by atoms with E-state index in [4.69, 9.17) is 9.84 Å². The minimum atomic E-state index is 0.805. The summed E-state index contributed by atoms with van der Waals surface area (Å²) in [5.74, 6) is 0. The van der Waals surface area contributed by atoms with Crippen molar-refractivity contribution in [2.75, 3.05) is 26.3 Å². The Hall–Kier alpha value is -2.24. The number of aromatic nitrogens is 3. The predicted molar refractivity (Wildman–Crippen MR) is 84.5 cm³/mol. The molecule has 0 N–H and O–H groups in total. The van der Waals surface area contributed by atoms with E-state index in [1.807, 2.05) is 41.0 Å². The number of ether oxygens (including phenoxy) is 1. The first-order valence-corrected chi connectivity index (χ1v) is 7.59. The molecule has 1 aliphatic rings. The molecule has 3 heterocycles. The van der Waals surface area contributed by atoms with Gasteiger partial charge in [-0.1, -0.05) is 30.3 Å². The number of benzene rings is 1. The van der Waals surface area contributed by atoms with Crippen LogP contribution in [-0.4, -0.2) is 45.8 Å². The van der Waals surface area contributed by atoms with Crippen LogP contribution in [0.1, 0.15) is 5.69 Å². The van der Waals surface area contributed by atoms with Crippen molar-refractivity contribution in [3.05, 3.63) is 54.4 Å². The minimum Gasteiger partial charge on any atom is -0.379 e. The second-order valence-electron chi connectivity index (χ2n) is 5.49. The standard InChI is InChI=1S/C17H18N4O/c1-2-4-14(5-3-1)16-6-7-17-18-12-15(21(17)19-16)13-20-8-10-22-11-9-20/h1-7,12H,8-11,13H2. The quantitative estimate of drug-likeness (QED) is 0.743. The first kappa shape index (κ1) is 13.4. The zero-order chi connectivity index (χ0) is 14.8. The van der Waals surface area contributed by atoms with Crippen LogP contribution in [0.5, 0.6) is 0 Å². The summed E-state index contributed by atoms with van der Waals surface area (Å²) < 4.78 is 7.36. The van der Waals surface area contributed by atoms with Crippen LogP contribution in [0, 0.1) is 0 Å². The SMILES string of the molecule is c1ccc(-c2ccc3ncc(CN4CCOCC4)n3n2)cc1. The Balaban J connectivity index is 1.67. The van der Waals surface area contributed by atoms with Gasteiger partial charge in [-0.3, -0.25) is 4.90 Å². The summed E-state index contributed by atoms with van der Waals surface area (Å²) in [7, 11) is 0. The van der Waals surface area contributed by atoms with E-state index in [0.29, 0.717) is 0 Å². The summed E-state index contributed by atoms with van der Waals surface area (Å²) in [4.78, 5) is 6.84. The van der Waals surface area contributed by atoms with Gasteiger partial charge in [-0.15, -0.1) is 0 Å².